The predicted octanol–water partition coefficient (Wildman–Crippen LogP) is 3.43. The van der Waals surface area contributed by atoms with Crippen molar-refractivity contribution in [3.63, 3.8) is 0 Å². The molecule has 3 nitrogen and oxygen atoms in total. The maximum Gasteiger partial charge on any atom is 0.144 e. The van der Waals surface area contributed by atoms with Crippen molar-refractivity contribution in [1.82, 2.24) is 0 Å². The van der Waals surface area contributed by atoms with Crippen LogP contribution < -0.4 is 10.5 Å². The number of ether oxygens (including phenoxy) is 1. The third kappa shape index (κ3) is 3.27. The molecule has 0 bridgehead atoms. The molecule has 2 rings (SSSR count). The molecule has 0 saturated carbocycles. The smallest absolute Gasteiger partial charge is 0.144 e. The van der Waals surface area contributed by atoms with Crippen LogP contribution >= 0.6 is 11.6 Å². The number of benzene rings is 2. The molecule has 0 aliphatic heterocycles. The third-order valence-electron chi connectivity index (χ3n) is 2.77. The molecule has 2 aromatic carbocycles. The van der Waals surface area contributed by atoms with Gasteiger partial charge in [-0.1, -0.05) is 23.7 Å². The first kappa shape index (κ1) is 14.3. The Balaban J connectivity index is 2.23. The van der Waals surface area contributed by atoms with Gasteiger partial charge in [0.2, 0.25) is 0 Å². The van der Waals surface area contributed by atoms with Gasteiger partial charge in [-0.3, -0.25) is 0 Å². The highest BCUT2D eigenvalue weighted by atomic mass is 35.5. The highest BCUT2D eigenvalue weighted by Crippen LogP contribution is 2.24. The Kier molecular flexibility index (Phi) is 4.57. The molecule has 0 aliphatic carbocycles. The number of hydrogen-bond acceptors (Lipinski definition) is 3. The fourth-order valence-electron chi connectivity index (χ4n) is 1.78. The fraction of sp³-hybridized carbons (Fsp3) is 0.133. The van der Waals surface area contributed by atoms with E-state index in [2.05, 4.69) is 0 Å². The second-order valence-electron chi connectivity index (χ2n) is 4.15. The average molecular weight is 291 g/mol. The van der Waals surface area contributed by atoms with E-state index in [-0.39, 0.29) is 12.1 Å². The van der Waals surface area contributed by atoms with Crippen molar-refractivity contribution < 1.29 is 9.13 Å². The van der Waals surface area contributed by atoms with Gasteiger partial charge in [0.15, 0.2) is 0 Å². The molecule has 20 heavy (non-hydrogen) atoms. The average Bonchev–Trinajstić information content (AvgIpc) is 2.45. The van der Waals surface area contributed by atoms with E-state index in [0.29, 0.717) is 10.8 Å². The van der Waals surface area contributed by atoms with Crippen LogP contribution in [0.1, 0.15) is 17.2 Å². The number of halogens is 2. The van der Waals surface area contributed by atoms with Gasteiger partial charge in [0.1, 0.15) is 23.7 Å². The normalized spacial score (nSPS) is 11.7. The zero-order valence-corrected chi connectivity index (χ0v) is 11.3. The van der Waals surface area contributed by atoms with Gasteiger partial charge in [-0.05, 0) is 29.8 Å². The quantitative estimate of drug-likeness (QED) is 0.938. The molecule has 0 aromatic heterocycles. The van der Waals surface area contributed by atoms with Gasteiger partial charge in [-0.2, -0.15) is 5.26 Å². The molecule has 0 heterocycles. The van der Waals surface area contributed by atoms with Gasteiger partial charge in [-0.25, -0.2) is 4.39 Å². The summed E-state index contributed by atoms with van der Waals surface area (Å²) < 4.78 is 19.2. The SMILES string of the molecule is N#Cc1ccc(OC(CN)c2cccc(Cl)c2)cc1F. The summed E-state index contributed by atoms with van der Waals surface area (Å²) in [7, 11) is 0. The maximum atomic E-state index is 13.5. The van der Waals surface area contributed by atoms with Crippen LogP contribution in [0.4, 0.5) is 4.39 Å². The summed E-state index contributed by atoms with van der Waals surface area (Å²) in [6, 6.07) is 13.0. The molecule has 2 aromatic rings. The second kappa shape index (κ2) is 6.38. The summed E-state index contributed by atoms with van der Waals surface area (Å²) in [6.07, 6.45) is -0.430. The van der Waals surface area contributed by atoms with Crippen LogP contribution in [0.3, 0.4) is 0 Å². The van der Waals surface area contributed by atoms with Crippen LogP contribution in [0.2, 0.25) is 5.02 Å². The van der Waals surface area contributed by atoms with Crippen molar-refractivity contribution >= 4 is 11.6 Å². The first-order valence-electron chi connectivity index (χ1n) is 5.96. The monoisotopic (exact) mass is 290 g/mol. The Bertz CT molecular complexity index is 655. The van der Waals surface area contributed by atoms with Gasteiger partial charge < -0.3 is 10.5 Å². The molecule has 1 atom stereocenters. The molecule has 0 spiro atoms. The van der Waals surface area contributed by atoms with E-state index in [1.807, 2.05) is 6.07 Å². The number of nitrogens with zero attached hydrogens (tertiary/aromatic N) is 1. The van der Waals surface area contributed by atoms with Crippen molar-refractivity contribution in [2.45, 2.75) is 6.10 Å². The first-order valence-corrected chi connectivity index (χ1v) is 6.33. The van der Waals surface area contributed by atoms with Crippen LogP contribution in [0.15, 0.2) is 42.5 Å². The third-order valence-corrected chi connectivity index (χ3v) is 3.01. The standard InChI is InChI=1S/C15H12ClFN2O/c16-12-3-1-2-10(6-12)15(9-19)20-13-5-4-11(8-18)14(17)7-13/h1-7,15H,9,19H2. The lowest BCUT2D eigenvalue weighted by Crippen LogP contribution is -2.18. The fourth-order valence-corrected chi connectivity index (χ4v) is 1.98. The lowest BCUT2D eigenvalue weighted by atomic mass is 10.1. The number of rotatable bonds is 4. The van der Waals surface area contributed by atoms with Gasteiger partial charge >= 0.3 is 0 Å². The maximum absolute atomic E-state index is 13.5. The van der Waals surface area contributed by atoms with Crippen molar-refractivity contribution in [3.05, 3.63) is 64.4 Å². The molecular weight excluding hydrogens is 279 g/mol. The van der Waals surface area contributed by atoms with Crippen LogP contribution in [-0.4, -0.2) is 6.54 Å². The lowest BCUT2D eigenvalue weighted by Gasteiger charge is -2.18. The molecular formula is C15H12ClFN2O. The van der Waals surface area contributed by atoms with Crippen molar-refractivity contribution in [2.75, 3.05) is 6.54 Å². The molecule has 0 aliphatic rings. The van der Waals surface area contributed by atoms with Gasteiger partial charge in [0, 0.05) is 17.6 Å². The molecule has 0 radical (unpaired) electrons. The van der Waals surface area contributed by atoms with Crippen LogP contribution in [-0.2, 0) is 0 Å². The minimum absolute atomic E-state index is 0.0237. The van der Waals surface area contributed by atoms with E-state index >= 15 is 0 Å². The highest BCUT2D eigenvalue weighted by Gasteiger charge is 2.13. The Labute approximate surface area is 121 Å². The minimum Gasteiger partial charge on any atom is -0.484 e. The summed E-state index contributed by atoms with van der Waals surface area (Å²) in [5, 5.41) is 9.26. The van der Waals surface area contributed by atoms with Gasteiger partial charge in [0.25, 0.3) is 0 Å². The summed E-state index contributed by atoms with van der Waals surface area (Å²) in [5.74, 6) is -0.302. The van der Waals surface area contributed by atoms with E-state index in [4.69, 9.17) is 27.3 Å². The topological polar surface area (TPSA) is 59.0 Å². The summed E-state index contributed by atoms with van der Waals surface area (Å²) in [6.45, 7) is 0.224. The van der Waals surface area contributed by atoms with Crippen LogP contribution in [0.5, 0.6) is 5.75 Å². The van der Waals surface area contributed by atoms with Gasteiger partial charge in [0.05, 0.1) is 5.56 Å². The van der Waals surface area contributed by atoms with Gasteiger partial charge in [-0.15, -0.1) is 0 Å². The second-order valence-corrected chi connectivity index (χ2v) is 4.59. The molecule has 102 valence electrons. The summed E-state index contributed by atoms with van der Waals surface area (Å²) in [5.41, 5.74) is 6.47. The number of hydrogen-bond donors (Lipinski definition) is 1. The summed E-state index contributed by atoms with van der Waals surface area (Å²) in [4.78, 5) is 0. The Morgan fingerprint density at radius 1 is 1.30 bits per heavy atom. The molecule has 1 unspecified atom stereocenters. The minimum atomic E-state index is -0.619. The van der Waals surface area contributed by atoms with Crippen LogP contribution in [0.25, 0.3) is 0 Å². The molecule has 0 saturated heterocycles. The molecule has 5 heteroatoms. The summed E-state index contributed by atoms with van der Waals surface area (Å²) >= 11 is 5.92. The van der Waals surface area contributed by atoms with Crippen molar-refractivity contribution in [2.24, 2.45) is 5.73 Å². The van der Waals surface area contributed by atoms with E-state index in [9.17, 15) is 4.39 Å². The largest absolute Gasteiger partial charge is 0.484 e. The van der Waals surface area contributed by atoms with Crippen LogP contribution in [0, 0.1) is 17.1 Å². The molecule has 0 amide bonds. The Morgan fingerprint density at radius 2 is 2.10 bits per heavy atom. The zero-order chi connectivity index (χ0) is 14.5. The Morgan fingerprint density at radius 3 is 2.70 bits per heavy atom. The Hall–Kier alpha value is -2.09. The highest BCUT2D eigenvalue weighted by molar-refractivity contribution is 6.30. The molecule has 0 fully saturated rings. The lowest BCUT2D eigenvalue weighted by molar-refractivity contribution is 0.213. The van der Waals surface area contributed by atoms with E-state index in [1.54, 1.807) is 24.3 Å². The van der Waals surface area contributed by atoms with Crippen molar-refractivity contribution in [3.8, 4) is 11.8 Å². The zero-order valence-electron chi connectivity index (χ0n) is 10.5. The number of nitrogens with two attached hydrogens (primary N) is 1. The van der Waals surface area contributed by atoms with Crippen molar-refractivity contribution in [1.29, 1.82) is 5.26 Å². The molecule has 2 N–H and O–H groups in total. The predicted molar refractivity (Wildman–Crippen MR) is 75.0 cm³/mol. The van der Waals surface area contributed by atoms with E-state index < -0.39 is 11.9 Å². The first-order chi connectivity index (χ1) is 9.63. The van der Waals surface area contributed by atoms with E-state index in [1.165, 1.54) is 18.2 Å². The number of nitriles is 1. The van der Waals surface area contributed by atoms with E-state index in [0.717, 1.165) is 5.56 Å².